The molecule has 0 fully saturated rings. The molecule has 0 spiro atoms. The van der Waals surface area contributed by atoms with Gasteiger partial charge in [0.05, 0.1) is 0 Å². The van der Waals surface area contributed by atoms with E-state index in [4.69, 9.17) is 11.6 Å². The number of H-pyrrole nitrogens is 1. The third-order valence-electron chi connectivity index (χ3n) is 2.94. The van der Waals surface area contributed by atoms with E-state index in [1.165, 1.54) is 0 Å². The van der Waals surface area contributed by atoms with Crippen molar-refractivity contribution < 1.29 is 5.11 Å². The quantitative estimate of drug-likeness (QED) is 0.669. The van der Waals surface area contributed by atoms with Crippen molar-refractivity contribution in [3.63, 3.8) is 0 Å². The minimum atomic E-state index is 0. The zero-order valence-electron chi connectivity index (χ0n) is 11.5. The standard InChI is InChI=1S/C14H18ClN3O.2ClH/c15-12-4-3-11(13(19)10-12)5-7-16-6-1-2-14-17-8-9-18-14;;/h3-4,8-10,16,19H,1-2,5-7H2,(H,17,18);2*1H. The lowest BCUT2D eigenvalue weighted by atomic mass is 10.1. The Morgan fingerprint density at radius 1 is 1.19 bits per heavy atom. The molecule has 0 aliphatic rings. The first-order valence-corrected chi connectivity index (χ1v) is 6.80. The molecule has 21 heavy (non-hydrogen) atoms. The van der Waals surface area contributed by atoms with E-state index in [9.17, 15) is 5.11 Å². The monoisotopic (exact) mass is 351 g/mol. The molecular weight excluding hydrogens is 333 g/mol. The van der Waals surface area contributed by atoms with Crippen LogP contribution in [0.3, 0.4) is 0 Å². The number of aromatic amines is 1. The molecule has 0 unspecified atom stereocenters. The molecule has 7 heteroatoms. The van der Waals surface area contributed by atoms with E-state index in [1.54, 1.807) is 18.3 Å². The zero-order chi connectivity index (χ0) is 13.5. The first-order valence-electron chi connectivity index (χ1n) is 6.42. The second-order valence-corrected chi connectivity index (χ2v) is 4.85. The predicted octanol–water partition coefficient (Wildman–Crippen LogP) is 3.38. The van der Waals surface area contributed by atoms with Crippen LogP contribution in [0, 0.1) is 0 Å². The Kier molecular flexibility index (Phi) is 10.3. The van der Waals surface area contributed by atoms with E-state index >= 15 is 0 Å². The number of aromatic hydroxyl groups is 1. The largest absolute Gasteiger partial charge is 0.508 e. The van der Waals surface area contributed by atoms with Gasteiger partial charge in [-0.05, 0) is 43.6 Å². The summed E-state index contributed by atoms with van der Waals surface area (Å²) in [4.78, 5) is 7.25. The van der Waals surface area contributed by atoms with E-state index < -0.39 is 0 Å². The van der Waals surface area contributed by atoms with E-state index in [-0.39, 0.29) is 30.6 Å². The van der Waals surface area contributed by atoms with Crippen molar-refractivity contribution in [2.75, 3.05) is 13.1 Å². The minimum absolute atomic E-state index is 0. The summed E-state index contributed by atoms with van der Waals surface area (Å²) in [7, 11) is 0. The number of hydrogen-bond acceptors (Lipinski definition) is 3. The molecule has 0 aliphatic carbocycles. The van der Waals surface area contributed by atoms with Crippen LogP contribution < -0.4 is 5.32 Å². The van der Waals surface area contributed by atoms with Crippen LogP contribution in [0.5, 0.6) is 5.75 Å². The summed E-state index contributed by atoms with van der Waals surface area (Å²) < 4.78 is 0. The molecule has 1 heterocycles. The van der Waals surface area contributed by atoms with Gasteiger partial charge in [-0.3, -0.25) is 0 Å². The number of nitrogens with one attached hydrogen (secondary N) is 2. The number of halogens is 3. The fourth-order valence-corrected chi connectivity index (χ4v) is 2.08. The van der Waals surface area contributed by atoms with Gasteiger partial charge in [-0.15, -0.1) is 24.8 Å². The second-order valence-electron chi connectivity index (χ2n) is 4.41. The maximum Gasteiger partial charge on any atom is 0.120 e. The van der Waals surface area contributed by atoms with Crippen molar-refractivity contribution in [2.45, 2.75) is 19.3 Å². The zero-order valence-corrected chi connectivity index (χ0v) is 13.9. The van der Waals surface area contributed by atoms with Crippen molar-refractivity contribution in [3.8, 4) is 5.75 Å². The number of phenols is 1. The van der Waals surface area contributed by atoms with Crippen molar-refractivity contribution in [1.82, 2.24) is 15.3 Å². The Bertz CT molecular complexity index is 506. The minimum Gasteiger partial charge on any atom is -0.508 e. The lowest BCUT2D eigenvalue weighted by molar-refractivity contribution is 0.467. The van der Waals surface area contributed by atoms with Gasteiger partial charge in [-0.25, -0.2) is 4.98 Å². The van der Waals surface area contributed by atoms with Gasteiger partial charge in [-0.1, -0.05) is 17.7 Å². The number of hydrogen-bond donors (Lipinski definition) is 3. The highest BCUT2D eigenvalue weighted by Gasteiger charge is 2.01. The molecule has 0 bridgehead atoms. The number of imidazole rings is 1. The van der Waals surface area contributed by atoms with Crippen LogP contribution >= 0.6 is 36.4 Å². The van der Waals surface area contributed by atoms with Gasteiger partial charge >= 0.3 is 0 Å². The van der Waals surface area contributed by atoms with E-state index in [2.05, 4.69) is 15.3 Å². The van der Waals surface area contributed by atoms with Gasteiger partial charge in [0.25, 0.3) is 0 Å². The molecule has 0 saturated carbocycles. The maximum atomic E-state index is 9.69. The molecule has 2 rings (SSSR count). The number of aromatic nitrogens is 2. The highest BCUT2D eigenvalue weighted by atomic mass is 35.5. The maximum absolute atomic E-state index is 9.69. The third kappa shape index (κ3) is 7.05. The van der Waals surface area contributed by atoms with Gasteiger partial charge in [0.1, 0.15) is 11.6 Å². The number of rotatable bonds is 7. The summed E-state index contributed by atoms with van der Waals surface area (Å²) in [5.41, 5.74) is 0.919. The summed E-state index contributed by atoms with van der Waals surface area (Å²) in [6.07, 6.45) is 6.40. The van der Waals surface area contributed by atoms with Gasteiger partial charge in [0.15, 0.2) is 0 Å². The smallest absolute Gasteiger partial charge is 0.120 e. The molecule has 1 aromatic carbocycles. The van der Waals surface area contributed by atoms with Crippen LogP contribution in [-0.4, -0.2) is 28.2 Å². The normalized spacial score (nSPS) is 9.76. The molecule has 0 amide bonds. The molecular formula is C14H20Cl3N3O. The lowest BCUT2D eigenvalue weighted by Gasteiger charge is -2.06. The predicted molar refractivity (Wildman–Crippen MR) is 91.1 cm³/mol. The molecule has 2 aromatic rings. The van der Waals surface area contributed by atoms with E-state index in [0.29, 0.717) is 5.02 Å². The topological polar surface area (TPSA) is 60.9 Å². The number of benzene rings is 1. The van der Waals surface area contributed by atoms with Gasteiger partial charge in [-0.2, -0.15) is 0 Å². The Hall–Kier alpha value is -0.940. The molecule has 4 nitrogen and oxygen atoms in total. The first-order chi connectivity index (χ1) is 9.25. The van der Waals surface area contributed by atoms with Crippen LogP contribution in [0.15, 0.2) is 30.6 Å². The van der Waals surface area contributed by atoms with Crippen molar-refractivity contribution in [2.24, 2.45) is 0 Å². The summed E-state index contributed by atoms with van der Waals surface area (Å²) in [5.74, 6) is 1.29. The van der Waals surface area contributed by atoms with E-state index in [1.807, 2.05) is 12.3 Å². The molecule has 1 aromatic heterocycles. The number of nitrogens with zero attached hydrogens (tertiary/aromatic N) is 1. The summed E-state index contributed by atoms with van der Waals surface area (Å²) in [6, 6.07) is 5.24. The van der Waals surface area contributed by atoms with Crippen LogP contribution in [-0.2, 0) is 12.8 Å². The Morgan fingerprint density at radius 2 is 2.00 bits per heavy atom. The van der Waals surface area contributed by atoms with Crippen LogP contribution in [0.25, 0.3) is 0 Å². The lowest BCUT2D eigenvalue weighted by Crippen LogP contribution is -2.19. The molecule has 0 atom stereocenters. The summed E-state index contributed by atoms with van der Waals surface area (Å²) in [5, 5.41) is 13.6. The average Bonchev–Trinajstić information content (AvgIpc) is 2.89. The molecule has 0 aliphatic heterocycles. The summed E-state index contributed by atoms with van der Waals surface area (Å²) in [6.45, 7) is 1.78. The summed E-state index contributed by atoms with van der Waals surface area (Å²) >= 11 is 5.78. The van der Waals surface area contributed by atoms with Gasteiger partial charge < -0.3 is 15.4 Å². The Morgan fingerprint density at radius 3 is 2.67 bits per heavy atom. The highest BCUT2D eigenvalue weighted by molar-refractivity contribution is 6.30. The fraction of sp³-hybridized carbons (Fsp3) is 0.357. The number of phenolic OH excluding ortho intramolecular Hbond substituents is 1. The van der Waals surface area contributed by atoms with Crippen LogP contribution in [0.4, 0.5) is 0 Å². The average molecular weight is 353 g/mol. The molecule has 0 saturated heterocycles. The first kappa shape index (κ1) is 20.1. The Labute approximate surface area is 142 Å². The van der Waals surface area contributed by atoms with Gasteiger partial charge in [0.2, 0.25) is 0 Å². The third-order valence-corrected chi connectivity index (χ3v) is 3.18. The van der Waals surface area contributed by atoms with Crippen LogP contribution in [0.1, 0.15) is 17.8 Å². The SMILES string of the molecule is Cl.Cl.Oc1cc(Cl)ccc1CCNCCCc1ncc[nH]1. The molecule has 118 valence electrons. The van der Waals surface area contributed by atoms with Crippen molar-refractivity contribution in [1.29, 1.82) is 0 Å². The Balaban J connectivity index is 0.00000200. The van der Waals surface area contributed by atoms with Gasteiger partial charge in [0, 0.05) is 23.8 Å². The van der Waals surface area contributed by atoms with Crippen LogP contribution in [0.2, 0.25) is 5.02 Å². The second kappa shape index (κ2) is 10.7. The highest BCUT2D eigenvalue weighted by Crippen LogP contribution is 2.21. The fourth-order valence-electron chi connectivity index (χ4n) is 1.91. The van der Waals surface area contributed by atoms with E-state index in [0.717, 1.165) is 43.7 Å². The number of aryl methyl sites for hydroxylation is 1. The molecule has 0 radical (unpaired) electrons. The van der Waals surface area contributed by atoms with Crippen molar-refractivity contribution in [3.05, 3.63) is 47.0 Å². The molecule has 3 N–H and O–H groups in total. The van der Waals surface area contributed by atoms with Crippen molar-refractivity contribution >= 4 is 36.4 Å².